The Kier molecular flexibility index (Phi) is 4.64. The highest BCUT2D eigenvalue weighted by Gasteiger charge is 2.41. The number of imidazole rings is 1. The third-order valence-electron chi connectivity index (χ3n) is 5.30. The van der Waals surface area contributed by atoms with E-state index in [-0.39, 0.29) is 31.1 Å². The van der Waals surface area contributed by atoms with Crippen molar-refractivity contribution in [2.45, 2.75) is 38.0 Å². The lowest BCUT2D eigenvalue weighted by atomic mass is 9.97. The molecule has 1 aromatic carbocycles. The summed E-state index contributed by atoms with van der Waals surface area (Å²) in [6.07, 6.45) is -0.283. The van der Waals surface area contributed by atoms with Crippen molar-refractivity contribution < 1.29 is 22.7 Å². The van der Waals surface area contributed by atoms with Crippen LogP contribution in [0.2, 0.25) is 0 Å². The number of benzene rings is 1. The number of nitrogens with one attached hydrogen (secondary N) is 1. The number of aryl methyl sites for hydroxylation is 1. The van der Waals surface area contributed by atoms with E-state index in [1.165, 1.54) is 10.8 Å². The van der Waals surface area contributed by atoms with Crippen LogP contribution >= 0.6 is 0 Å². The van der Waals surface area contributed by atoms with E-state index in [0.717, 1.165) is 16.9 Å². The lowest BCUT2D eigenvalue weighted by Crippen LogP contribution is -2.43. The van der Waals surface area contributed by atoms with Gasteiger partial charge in [-0.25, -0.2) is 4.98 Å². The molecule has 0 bridgehead atoms. The van der Waals surface area contributed by atoms with Gasteiger partial charge in [0.15, 0.2) is 0 Å². The van der Waals surface area contributed by atoms with Crippen molar-refractivity contribution >= 4 is 12.0 Å². The predicted octanol–water partition coefficient (Wildman–Crippen LogP) is 3.38. The molecule has 2 aliphatic heterocycles. The molecule has 0 saturated carbocycles. The molecule has 0 saturated heterocycles. The maximum absolute atomic E-state index is 13.0. The van der Waals surface area contributed by atoms with Gasteiger partial charge >= 0.3 is 6.18 Å². The average molecular weight is 391 g/mol. The van der Waals surface area contributed by atoms with Crippen molar-refractivity contribution in [1.29, 1.82) is 0 Å². The summed E-state index contributed by atoms with van der Waals surface area (Å²) in [5, 5.41) is 2.88. The lowest BCUT2D eigenvalue weighted by molar-refractivity contribution is -0.182. The van der Waals surface area contributed by atoms with Crippen LogP contribution in [0, 0.1) is 5.92 Å². The van der Waals surface area contributed by atoms with Crippen LogP contribution in [0.15, 0.2) is 31.0 Å². The number of ether oxygens (including phenoxy) is 1. The number of amides is 1. The summed E-state index contributed by atoms with van der Waals surface area (Å²) >= 11 is 0. The van der Waals surface area contributed by atoms with Gasteiger partial charge in [-0.3, -0.25) is 4.79 Å². The normalized spacial score (nSPS) is 21.2. The maximum atomic E-state index is 13.0. The number of carbonyl (C=O) groups is 1. The smallest absolute Gasteiger partial charge is 0.393 e. The van der Waals surface area contributed by atoms with Gasteiger partial charge in [0, 0.05) is 31.1 Å². The number of nitrogens with zero attached hydrogens (tertiary/aromatic N) is 2. The van der Waals surface area contributed by atoms with Gasteiger partial charge in [-0.2, -0.15) is 13.2 Å². The highest BCUT2D eigenvalue weighted by Crippen LogP contribution is 2.34. The fourth-order valence-electron chi connectivity index (χ4n) is 3.80. The number of hydrogen-bond donors (Lipinski definition) is 1. The van der Waals surface area contributed by atoms with Gasteiger partial charge < -0.3 is 14.6 Å². The van der Waals surface area contributed by atoms with E-state index in [2.05, 4.69) is 16.9 Å². The van der Waals surface area contributed by atoms with E-state index in [1.807, 2.05) is 18.2 Å². The zero-order chi connectivity index (χ0) is 19.9. The molecule has 0 spiro atoms. The van der Waals surface area contributed by atoms with Crippen LogP contribution in [0.5, 0.6) is 5.75 Å². The summed E-state index contributed by atoms with van der Waals surface area (Å²) in [6, 6.07) is 5.45. The summed E-state index contributed by atoms with van der Waals surface area (Å²) in [5.41, 5.74) is 2.07. The molecule has 28 heavy (non-hydrogen) atoms. The van der Waals surface area contributed by atoms with Crippen LogP contribution in [0.4, 0.5) is 13.2 Å². The fraction of sp³-hybridized carbons (Fsp3) is 0.400. The number of fused-ring (bicyclic) bond motifs is 2. The molecule has 0 aliphatic carbocycles. The monoisotopic (exact) mass is 391 g/mol. The quantitative estimate of drug-likeness (QED) is 0.873. The minimum absolute atomic E-state index is 0.000842. The molecule has 4 rings (SSSR count). The Bertz CT molecular complexity index is 920. The molecule has 1 aromatic heterocycles. The Hall–Kier alpha value is -2.77. The summed E-state index contributed by atoms with van der Waals surface area (Å²) < 4.78 is 46.1. The number of rotatable bonds is 3. The third-order valence-corrected chi connectivity index (χ3v) is 5.30. The maximum Gasteiger partial charge on any atom is 0.393 e. The van der Waals surface area contributed by atoms with Crippen LogP contribution in [-0.2, 0) is 19.4 Å². The minimum atomic E-state index is -4.24. The number of alkyl halides is 3. The van der Waals surface area contributed by atoms with Gasteiger partial charge in [-0.05, 0) is 18.1 Å². The van der Waals surface area contributed by atoms with Crippen molar-refractivity contribution in [2.24, 2.45) is 5.92 Å². The van der Waals surface area contributed by atoms with E-state index in [9.17, 15) is 18.0 Å². The van der Waals surface area contributed by atoms with E-state index in [0.29, 0.717) is 18.9 Å². The summed E-state index contributed by atoms with van der Waals surface area (Å²) in [5.74, 6) is -0.507. The highest BCUT2D eigenvalue weighted by molar-refractivity contribution is 5.92. The number of aromatic nitrogens is 2. The SMILES string of the molecule is C=Cc1cccc2c1CC(NC(=O)c1cn3c(n1)CCC(C(F)(F)F)C3)CO2. The Morgan fingerprint density at radius 1 is 1.39 bits per heavy atom. The van der Waals surface area contributed by atoms with Crippen LogP contribution in [-0.4, -0.2) is 34.3 Å². The molecule has 2 aromatic rings. The van der Waals surface area contributed by atoms with Crippen molar-refractivity contribution in [3.05, 3.63) is 53.6 Å². The van der Waals surface area contributed by atoms with Gasteiger partial charge in [0.25, 0.3) is 5.91 Å². The average Bonchev–Trinajstić information content (AvgIpc) is 3.10. The van der Waals surface area contributed by atoms with Crippen molar-refractivity contribution in [1.82, 2.24) is 14.9 Å². The molecule has 2 atom stereocenters. The van der Waals surface area contributed by atoms with E-state index >= 15 is 0 Å². The predicted molar refractivity (Wildman–Crippen MR) is 97.1 cm³/mol. The second-order valence-electron chi connectivity index (χ2n) is 7.19. The van der Waals surface area contributed by atoms with Crippen molar-refractivity contribution in [3.63, 3.8) is 0 Å². The van der Waals surface area contributed by atoms with Gasteiger partial charge in [-0.1, -0.05) is 24.8 Å². The Balaban J connectivity index is 1.46. The zero-order valence-corrected chi connectivity index (χ0v) is 15.1. The van der Waals surface area contributed by atoms with Gasteiger partial charge in [0.05, 0.1) is 12.0 Å². The minimum Gasteiger partial charge on any atom is -0.491 e. The summed E-state index contributed by atoms with van der Waals surface area (Å²) in [6.45, 7) is 3.93. The molecule has 1 N–H and O–H groups in total. The number of halogens is 3. The molecule has 0 radical (unpaired) electrons. The van der Waals surface area contributed by atoms with Gasteiger partial charge in [-0.15, -0.1) is 0 Å². The first-order chi connectivity index (χ1) is 13.3. The first-order valence-corrected chi connectivity index (χ1v) is 9.16. The van der Waals surface area contributed by atoms with Gasteiger partial charge in [0.2, 0.25) is 0 Å². The Morgan fingerprint density at radius 3 is 2.96 bits per heavy atom. The largest absolute Gasteiger partial charge is 0.491 e. The first-order valence-electron chi connectivity index (χ1n) is 9.16. The second kappa shape index (κ2) is 7.00. The fourth-order valence-corrected chi connectivity index (χ4v) is 3.80. The first kappa shape index (κ1) is 18.6. The Morgan fingerprint density at radius 2 is 2.21 bits per heavy atom. The topological polar surface area (TPSA) is 56.2 Å². The van der Waals surface area contributed by atoms with Gasteiger partial charge in [0.1, 0.15) is 23.9 Å². The summed E-state index contributed by atoms with van der Waals surface area (Å²) in [7, 11) is 0. The molecule has 8 heteroatoms. The zero-order valence-electron chi connectivity index (χ0n) is 15.1. The third kappa shape index (κ3) is 3.50. The molecular weight excluding hydrogens is 371 g/mol. The molecule has 0 fully saturated rings. The van der Waals surface area contributed by atoms with Crippen LogP contribution in [0.25, 0.3) is 6.08 Å². The standard InChI is InChI=1S/C20H20F3N3O2/c1-2-12-4-3-5-17-15(12)8-14(11-28-17)24-19(27)16-10-26-9-13(20(21,22)23)6-7-18(26)25-16/h2-5,10,13-14H,1,6-9,11H2,(H,24,27). The molecule has 2 aliphatic rings. The van der Waals surface area contributed by atoms with Crippen molar-refractivity contribution in [2.75, 3.05) is 6.61 Å². The number of hydrogen-bond acceptors (Lipinski definition) is 3. The summed E-state index contributed by atoms with van der Waals surface area (Å²) in [4.78, 5) is 16.8. The highest BCUT2D eigenvalue weighted by atomic mass is 19.4. The molecule has 3 heterocycles. The number of carbonyl (C=O) groups excluding carboxylic acids is 1. The van der Waals surface area contributed by atoms with Crippen LogP contribution in [0.3, 0.4) is 0 Å². The molecule has 1 amide bonds. The Labute approximate surface area is 160 Å². The molecule has 148 valence electrons. The molecule has 2 unspecified atom stereocenters. The van der Waals surface area contributed by atoms with E-state index in [4.69, 9.17) is 4.74 Å². The van der Waals surface area contributed by atoms with E-state index in [1.54, 1.807) is 6.08 Å². The van der Waals surface area contributed by atoms with Crippen LogP contribution in [0.1, 0.15) is 33.9 Å². The lowest BCUT2D eigenvalue weighted by Gasteiger charge is -2.27. The molecule has 5 nitrogen and oxygen atoms in total. The van der Waals surface area contributed by atoms with E-state index < -0.39 is 18.0 Å². The van der Waals surface area contributed by atoms with Crippen molar-refractivity contribution in [3.8, 4) is 5.75 Å². The molecular formula is C20H20F3N3O2. The second-order valence-corrected chi connectivity index (χ2v) is 7.19. The van der Waals surface area contributed by atoms with Crippen LogP contribution < -0.4 is 10.1 Å².